The van der Waals surface area contributed by atoms with Gasteiger partial charge in [-0.3, -0.25) is 0 Å². The lowest BCUT2D eigenvalue weighted by Gasteiger charge is -2.19. The maximum atomic E-state index is 12.7. The van der Waals surface area contributed by atoms with Gasteiger partial charge in [-0.15, -0.1) is 0 Å². The van der Waals surface area contributed by atoms with Crippen LogP contribution in [0.3, 0.4) is 0 Å². The fourth-order valence-corrected chi connectivity index (χ4v) is 2.69. The fraction of sp³-hybridized carbons (Fsp3) is 0.571. The molecule has 1 saturated heterocycles. The number of rotatable bonds is 2. The summed E-state index contributed by atoms with van der Waals surface area (Å²) >= 11 is 5.78. The molecule has 1 aliphatic rings. The monoisotopic (exact) mass is 306 g/mol. The van der Waals surface area contributed by atoms with Gasteiger partial charge in [0.15, 0.2) is 0 Å². The van der Waals surface area contributed by atoms with Crippen molar-refractivity contribution in [2.24, 2.45) is 0 Å². The number of nitrogens with one attached hydrogen (secondary N) is 1. The second-order valence-corrected chi connectivity index (χ2v) is 5.74. The summed E-state index contributed by atoms with van der Waals surface area (Å²) in [4.78, 5) is 2.24. The van der Waals surface area contributed by atoms with Crippen molar-refractivity contribution >= 4 is 17.3 Å². The number of halogens is 4. The first-order chi connectivity index (χ1) is 9.34. The highest BCUT2D eigenvalue weighted by molar-refractivity contribution is 6.30. The van der Waals surface area contributed by atoms with Crippen LogP contribution in [0.1, 0.15) is 24.8 Å². The standard InChI is InChI=1S/C14H18ClF3N2/c1-20-5-2-3-12(4-6-20)19-13-8-10(14(16,17)18)7-11(15)9-13/h7-9,12,19H,2-6H2,1H3. The second kappa shape index (κ2) is 6.22. The van der Waals surface area contributed by atoms with E-state index in [0.717, 1.165) is 44.5 Å². The quantitative estimate of drug-likeness (QED) is 0.878. The van der Waals surface area contributed by atoms with E-state index in [1.807, 2.05) is 0 Å². The first-order valence-corrected chi connectivity index (χ1v) is 7.05. The van der Waals surface area contributed by atoms with E-state index in [4.69, 9.17) is 11.6 Å². The van der Waals surface area contributed by atoms with Crippen LogP contribution >= 0.6 is 11.6 Å². The van der Waals surface area contributed by atoms with E-state index in [0.29, 0.717) is 5.69 Å². The van der Waals surface area contributed by atoms with Crippen LogP contribution in [0.15, 0.2) is 18.2 Å². The van der Waals surface area contributed by atoms with Crippen molar-refractivity contribution in [3.05, 3.63) is 28.8 Å². The molecule has 1 heterocycles. The van der Waals surface area contributed by atoms with Gasteiger partial charge in [0.25, 0.3) is 0 Å². The summed E-state index contributed by atoms with van der Waals surface area (Å²) < 4.78 is 38.2. The van der Waals surface area contributed by atoms with Crippen LogP contribution in [0.25, 0.3) is 0 Å². The van der Waals surface area contributed by atoms with Crippen LogP contribution in [-0.2, 0) is 6.18 Å². The Morgan fingerprint density at radius 1 is 1.20 bits per heavy atom. The number of hydrogen-bond donors (Lipinski definition) is 1. The van der Waals surface area contributed by atoms with E-state index in [9.17, 15) is 13.2 Å². The van der Waals surface area contributed by atoms with Gasteiger partial charge in [-0.1, -0.05) is 11.6 Å². The maximum absolute atomic E-state index is 12.7. The number of alkyl halides is 3. The predicted octanol–water partition coefficient (Wildman–Crippen LogP) is 4.26. The minimum absolute atomic E-state index is 0.105. The van der Waals surface area contributed by atoms with Crippen LogP contribution in [0.2, 0.25) is 5.02 Å². The van der Waals surface area contributed by atoms with Gasteiger partial charge in [-0.2, -0.15) is 13.2 Å². The highest BCUT2D eigenvalue weighted by Gasteiger charge is 2.31. The Labute approximate surface area is 121 Å². The Morgan fingerprint density at radius 2 is 1.95 bits per heavy atom. The van der Waals surface area contributed by atoms with E-state index in [2.05, 4.69) is 17.3 Å². The number of likely N-dealkylation sites (tertiary alicyclic amines) is 1. The summed E-state index contributed by atoms with van der Waals surface area (Å²) in [6, 6.07) is 3.82. The highest BCUT2D eigenvalue weighted by Crippen LogP contribution is 2.33. The van der Waals surface area contributed by atoms with Crippen molar-refractivity contribution in [1.82, 2.24) is 4.90 Å². The summed E-state index contributed by atoms with van der Waals surface area (Å²) in [6.07, 6.45) is -1.45. The summed E-state index contributed by atoms with van der Waals surface area (Å²) in [5.74, 6) is 0. The zero-order valence-corrected chi connectivity index (χ0v) is 12.1. The molecule has 0 spiro atoms. The third kappa shape index (κ3) is 4.28. The molecule has 1 aliphatic heterocycles. The first-order valence-electron chi connectivity index (χ1n) is 6.67. The zero-order chi connectivity index (χ0) is 14.8. The Balaban J connectivity index is 2.11. The van der Waals surface area contributed by atoms with Gasteiger partial charge in [0.05, 0.1) is 5.56 Å². The summed E-state index contributed by atoms with van der Waals surface area (Å²) in [5, 5.41) is 3.29. The molecule has 2 nitrogen and oxygen atoms in total. The van der Waals surface area contributed by atoms with Crippen molar-refractivity contribution in [3.63, 3.8) is 0 Å². The average Bonchev–Trinajstić information content (AvgIpc) is 2.53. The largest absolute Gasteiger partial charge is 0.416 e. The lowest BCUT2D eigenvalue weighted by Crippen LogP contribution is -2.23. The molecule has 2 rings (SSSR count). The molecule has 0 amide bonds. The highest BCUT2D eigenvalue weighted by atomic mass is 35.5. The fourth-order valence-electron chi connectivity index (χ4n) is 2.46. The Bertz CT molecular complexity index is 462. The first kappa shape index (κ1) is 15.4. The second-order valence-electron chi connectivity index (χ2n) is 5.30. The molecule has 0 radical (unpaired) electrons. The predicted molar refractivity (Wildman–Crippen MR) is 75.2 cm³/mol. The van der Waals surface area contributed by atoms with Crippen molar-refractivity contribution in [3.8, 4) is 0 Å². The van der Waals surface area contributed by atoms with Crippen LogP contribution in [-0.4, -0.2) is 31.1 Å². The van der Waals surface area contributed by atoms with E-state index in [1.54, 1.807) is 6.07 Å². The number of benzene rings is 1. The molecule has 0 aromatic heterocycles. The van der Waals surface area contributed by atoms with Gasteiger partial charge in [0, 0.05) is 16.8 Å². The van der Waals surface area contributed by atoms with Gasteiger partial charge in [0.1, 0.15) is 0 Å². The maximum Gasteiger partial charge on any atom is 0.416 e. The summed E-state index contributed by atoms with van der Waals surface area (Å²) in [5.41, 5.74) is -0.266. The van der Waals surface area contributed by atoms with Crippen LogP contribution in [0.5, 0.6) is 0 Å². The number of nitrogens with zero attached hydrogens (tertiary/aromatic N) is 1. The molecule has 1 atom stereocenters. The topological polar surface area (TPSA) is 15.3 Å². The third-order valence-corrected chi connectivity index (χ3v) is 3.77. The molecule has 0 aliphatic carbocycles. The van der Waals surface area contributed by atoms with Crippen molar-refractivity contribution < 1.29 is 13.2 Å². The molecule has 1 aromatic rings. The Morgan fingerprint density at radius 3 is 2.65 bits per heavy atom. The van der Waals surface area contributed by atoms with Crippen molar-refractivity contribution in [1.29, 1.82) is 0 Å². The van der Waals surface area contributed by atoms with Crippen molar-refractivity contribution in [2.75, 3.05) is 25.5 Å². The van der Waals surface area contributed by atoms with Crippen LogP contribution < -0.4 is 5.32 Å². The molecule has 1 aromatic carbocycles. The molecule has 1 unspecified atom stereocenters. The smallest absolute Gasteiger partial charge is 0.382 e. The van der Waals surface area contributed by atoms with E-state index in [1.165, 1.54) is 0 Å². The molecule has 112 valence electrons. The lowest BCUT2D eigenvalue weighted by molar-refractivity contribution is -0.137. The van der Waals surface area contributed by atoms with E-state index >= 15 is 0 Å². The van der Waals surface area contributed by atoms with E-state index in [-0.39, 0.29) is 11.1 Å². The minimum Gasteiger partial charge on any atom is -0.382 e. The molecule has 20 heavy (non-hydrogen) atoms. The average molecular weight is 307 g/mol. The molecular formula is C14H18ClF3N2. The van der Waals surface area contributed by atoms with Gasteiger partial charge in [-0.05, 0) is 57.6 Å². The Kier molecular flexibility index (Phi) is 4.81. The summed E-state index contributed by atoms with van der Waals surface area (Å²) in [6.45, 7) is 1.98. The molecular weight excluding hydrogens is 289 g/mol. The number of anilines is 1. The van der Waals surface area contributed by atoms with Crippen LogP contribution in [0, 0.1) is 0 Å². The van der Waals surface area contributed by atoms with Gasteiger partial charge >= 0.3 is 6.18 Å². The molecule has 0 bridgehead atoms. The molecule has 6 heteroatoms. The third-order valence-electron chi connectivity index (χ3n) is 3.55. The minimum atomic E-state index is -4.37. The van der Waals surface area contributed by atoms with Gasteiger partial charge < -0.3 is 10.2 Å². The van der Waals surface area contributed by atoms with E-state index < -0.39 is 11.7 Å². The SMILES string of the molecule is CN1CCCC(Nc2cc(Cl)cc(C(F)(F)F)c2)CC1. The Hall–Kier alpha value is -0.940. The molecule has 1 fully saturated rings. The van der Waals surface area contributed by atoms with Gasteiger partial charge in [0.2, 0.25) is 0 Å². The normalized spacial score (nSPS) is 21.6. The molecule has 0 saturated carbocycles. The summed E-state index contributed by atoms with van der Waals surface area (Å²) in [7, 11) is 2.06. The van der Waals surface area contributed by atoms with Gasteiger partial charge in [-0.25, -0.2) is 0 Å². The molecule has 1 N–H and O–H groups in total. The zero-order valence-electron chi connectivity index (χ0n) is 11.3. The van der Waals surface area contributed by atoms with Crippen LogP contribution in [0.4, 0.5) is 18.9 Å². The van der Waals surface area contributed by atoms with Crippen molar-refractivity contribution in [2.45, 2.75) is 31.5 Å². The number of hydrogen-bond acceptors (Lipinski definition) is 2. The lowest BCUT2D eigenvalue weighted by atomic mass is 10.1.